The number of hydrogen-bond donors (Lipinski definition) is 5. The lowest BCUT2D eigenvalue weighted by molar-refractivity contribution is -0.434. The Balaban J connectivity index is 1.87. The van der Waals surface area contributed by atoms with Gasteiger partial charge < -0.3 is 11.5 Å². The van der Waals surface area contributed by atoms with Gasteiger partial charge in [-0.15, -0.1) is 18.9 Å². The van der Waals surface area contributed by atoms with Gasteiger partial charge in [-0.1, -0.05) is 10.1 Å². The highest BCUT2D eigenvalue weighted by molar-refractivity contribution is 7.94. The second-order valence-corrected chi connectivity index (χ2v) is 15.5. The van der Waals surface area contributed by atoms with Crippen LogP contribution < -0.4 is 11.5 Å². The minimum Gasteiger partial charge on any atom is -0.397 e. The third-order valence-electron chi connectivity index (χ3n) is 5.92. The van der Waals surface area contributed by atoms with Gasteiger partial charge in [0.2, 0.25) is 0 Å². The molecule has 3 aromatic rings. The highest BCUT2D eigenvalue weighted by Gasteiger charge is 2.22. The van der Waals surface area contributed by atoms with Gasteiger partial charge in [0, 0.05) is 0 Å². The van der Waals surface area contributed by atoms with E-state index in [1.807, 2.05) is 0 Å². The lowest BCUT2D eigenvalue weighted by atomic mass is 10.1. The van der Waals surface area contributed by atoms with Crippen molar-refractivity contribution in [1.82, 2.24) is 0 Å². The highest BCUT2D eigenvalue weighted by Crippen LogP contribution is 2.48. The molecule has 3 rings (SSSR count). The second-order valence-electron chi connectivity index (χ2n) is 9.01. The molecular weight excluding hydrogens is 761 g/mol. The quantitative estimate of drug-likeness (QED) is 0.0207. The summed E-state index contributed by atoms with van der Waals surface area (Å²) in [6, 6.07) is 10.3. The molecule has 49 heavy (non-hydrogen) atoms. The van der Waals surface area contributed by atoms with Crippen LogP contribution in [-0.4, -0.2) is 65.0 Å². The number of rotatable bonds is 19. The molecule has 3 aromatic carbocycles. The van der Waals surface area contributed by atoms with Crippen LogP contribution in [0.2, 0.25) is 0 Å². The van der Waals surface area contributed by atoms with Gasteiger partial charge in [0.1, 0.15) is 11.4 Å². The smallest absolute Gasteiger partial charge is 0.397 e. The number of sulfone groups is 2. The Morgan fingerprint density at radius 1 is 0.694 bits per heavy atom. The first-order valence-corrected chi connectivity index (χ1v) is 18.9. The van der Waals surface area contributed by atoms with Crippen LogP contribution in [0.25, 0.3) is 0 Å². The molecule has 0 aliphatic carbocycles. The second kappa shape index (κ2) is 18.1. The first kappa shape index (κ1) is 40.1. The molecule has 0 spiro atoms. The van der Waals surface area contributed by atoms with Crippen molar-refractivity contribution in [3.05, 3.63) is 54.1 Å². The molecule has 0 heterocycles. The summed E-state index contributed by atoms with van der Waals surface area (Å²) in [6.07, 6.45) is 0. The lowest BCUT2D eigenvalue weighted by Crippen LogP contribution is -2.15. The number of anilines is 2. The SMILES string of the molecule is Cc1c(N)c(/N=N/c2ccc(S(=O)(=O)CCOS(=O)(=O)O)cc2)c(N)c(/N=N/c2ccc(S(=O)(=O)CCOSOOO)cc2)c1SOOO. The van der Waals surface area contributed by atoms with E-state index in [4.69, 9.17) is 30.7 Å². The van der Waals surface area contributed by atoms with Crippen molar-refractivity contribution in [2.24, 2.45) is 20.5 Å². The molecule has 268 valence electrons. The van der Waals surface area contributed by atoms with Crippen molar-refractivity contribution in [1.29, 1.82) is 0 Å². The van der Waals surface area contributed by atoms with Gasteiger partial charge in [0.15, 0.2) is 32.0 Å². The van der Waals surface area contributed by atoms with Crippen LogP contribution in [0.15, 0.2) is 83.7 Å². The Morgan fingerprint density at radius 3 is 1.67 bits per heavy atom. The molecule has 7 N–H and O–H groups in total. The Labute approximate surface area is 287 Å². The van der Waals surface area contributed by atoms with E-state index in [0.29, 0.717) is 17.6 Å². The summed E-state index contributed by atoms with van der Waals surface area (Å²) in [5, 5.41) is 40.1. The van der Waals surface area contributed by atoms with Gasteiger partial charge in [-0.2, -0.15) is 18.6 Å². The van der Waals surface area contributed by atoms with Crippen molar-refractivity contribution in [3.63, 3.8) is 0 Å². The Kier molecular flexibility index (Phi) is 14.8. The van der Waals surface area contributed by atoms with E-state index in [2.05, 4.69) is 43.4 Å². The van der Waals surface area contributed by atoms with E-state index in [-0.39, 0.29) is 67.7 Å². The number of benzene rings is 3. The van der Waals surface area contributed by atoms with Gasteiger partial charge in [-0.05, 0) is 61.0 Å². The molecule has 0 bridgehead atoms. The number of hydrogen-bond acceptors (Lipinski definition) is 22. The fraction of sp³-hybridized carbons (Fsp3) is 0.217. The maximum atomic E-state index is 12.5. The summed E-state index contributed by atoms with van der Waals surface area (Å²) in [4.78, 5) is -0.0764. The molecule has 0 unspecified atom stereocenters. The predicted molar refractivity (Wildman–Crippen MR) is 172 cm³/mol. The molecule has 0 atom stereocenters. The van der Waals surface area contributed by atoms with Crippen molar-refractivity contribution in [2.45, 2.75) is 21.6 Å². The van der Waals surface area contributed by atoms with E-state index in [1.54, 1.807) is 6.92 Å². The van der Waals surface area contributed by atoms with Crippen molar-refractivity contribution >= 4 is 88.6 Å². The molecule has 0 radical (unpaired) electrons. The molecule has 21 nitrogen and oxygen atoms in total. The monoisotopic (exact) mass is 786 g/mol. The van der Waals surface area contributed by atoms with E-state index in [9.17, 15) is 25.3 Å². The zero-order valence-corrected chi connectivity index (χ0v) is 28.8. The summed E-state index contributed by atoms with van der Waals surface area (Å²) in [6.45, 7) is 0.470. The van der Waals surface area contributed by atoms with Crippen LogP contribution in [0.1, 0.15) is 5.56 Å². The number of nitrogen functional groups attached to an aromatic ring is 2. The minimum atomic E-state index is -4.80. The van der Waals surface area contributed by atoms with Gasteiger partial charge >= 0.3 is 10.4 Å². The third kappa shape index (κ3) is 11.9. The predicted octanol–water partition coefficient (Wildman–Crippen LogP) is 4.79. The van der Waals surface area contributed by atoms with Crippen LogP contribution >= 0.6 is 24.4 Å². The summed E-state index contributed by atoms with van der Waals surface area (Å²) in [5.41, 5.74) is 13.0. The normalized spacial score (nSPS) is 12.7. The van der Waals surface area contributed by atoms with Gasteiger partial charge in [-0.3, -0.25) is 8.74 Å². The molecule has 0 amide bonds. The molecule has 0 saturated carbocycles. The molecule has 26 heteroatoms. The topological polar surface area (TPSA) is 320 Å². The lowest BCUT2D eigenvalue weighted by Gasteiger charge is -2.14. The molecule has 0 aromatic heterocycles. The molecule has 0 aliphatic rings. The molecule has 0 aliphatic heterocycles. The van der Waals surface area contributed by atoms with Crippen molar-refractivity contribution in [3.8, 4) is 0 Å². The largest absolute Gasteiger partial charge is 0.397 e. The van der Waals surface area contributed by atoms with E-state index < -0.39 is 48.2 Å². The van der Waals surface area contributed by atoms with Crippen LogP contribution in [0.3, 0.4) is 0 Å². The summed E-state index contributed by atoms with van der Waals surface area (Å²) in [5.74, 6) is -1.15. The Morgan fingerprint density at radius 2 is 1.18 bits per heavy atom. The number of nitrogens with zero attached hydrogens (tertiary/aromatic N) is 4. The maximum Gasteiger partial charge on any atom is 0.397 e. The van der Waals surface area contributed by atoms with Crippen LogP contribution in [-0.2, 0) is 57.2 Å². The third-order valence-corrected chi connectivity index (χ3v) is 10.9. The van der Waals surface area contributed by atoms with Crippen LogP contribution in [0.4, 0.5) is 34.1 Å². The summed E-state index contributed by atoms with van der Waals surface area (Å²) >= 11 is 0.735. The minimum absolute atomic E-state index is 0.0228. The van der Waals surface area contributed by atoms with E-state index in [1.165, 1.54) is 48.5 Å². The van der Waals surface area contributed by atoms with Crippen LogP contribution in [0.5, 0.6) is 0 Å². The number of nitrogens with two attached hydrogens (primary N) is 2. The Bertz CT molecular complexity index is 1980. The van der Waals surface area contributed by atoms with E-state index in [0.717, 1.165) is 0 Å². The summed E-state index contributed by atoms with van der Waals surface area (Å²) < 4.78 is 97.2. The first-order valence-electron chi connectivity index (χ1n) is 12.8. The molecular formula is C23H26N6O15S5. The standard InChI is InChI=1S/C23H26N6O15S5/c1-14-19(24)21(28-26-15-2-8-18(9-3-15)48(34,35)13-11-40-49(36,37)38)20(25)22(23(14)45-43-41-30)29-27-16-4-6-17(7-5-16)47(32,33)12-10-39-46-44-42-31/h2-9,30-31H,10-13,24-25H2,1H3,(H,36,37,38)/b28-26+,29-27+. The molecule has 0 saturated heterocycles. The fourth-order valence-corrected chi connectivity index (χ4v) is 7.03. The first-order chi connectivity index (χ1) is 23.1. The summed E-state index contributed by atoms with van der Waals surface area (Å²) in [7, 11) is -12.5. The average molecular weight is 787 g/mol. The van der Waals surface area contributed by atoms with Gasteiger partial charge in [0.25, 0.3) is 0 Å². The number of azo groups is 2. The van der Waals surface area contributed by atoms with Crippen molar-refractivity contribution < 1.29 is 67.4 Å². The van der Waals surface area contributed by atoms with Crippen molar-refractivity contribution in [2.75, 3.05) is 36.2 Å². The van der Waals surface area contributed by atoms with E-state index >= 15 is 0 Å². The Hall–Kier alpha value is -3.35. The molecule has 0 fully saturated rings. The highest BCUT2D eigenvalue weighted by atomic mass is 32.3. The fourth-order valence-electron chi connectivity index (χ4n) is 3.57. The zero-order chi connectivity index (χ0) is 36.2. The van der Waals surface area contributed by atoms with Crippen LogP contribution in [0, 0.1) is 6.92 Å². The maximum absolute atomic E-state index is 12.5. The average Bonchev–Trinajstić information content (AvgIpc) is 3.05. The van der Waals surface area contributed by atoms with Gasteiger partial charge in [0.05, 0.1) is 74.2 Å². The van der Waals surface area contributed by atoms with Gasteiger partial charge in [-0.25, -0.2) is 31.5 Å². The zero-order valence-electron chi connectivity index (χ0n) is 24.7.